The number of nitrogens with one attached hydrogen (secondary N) is 1. The Bertz CT molecular complexity index is 767. The highest BCUT2D eigenvalue weighted by molar-refractivity contribution is 7.88. The zero-order valence-corrected chi connectivity index (χ0v) is 14.1. The summed E-state index contributed by atoms with van der Waals surface area (Å²) < 4.78 is 32.5. The molecule has 0 aliphatic carbocycles. The summed E-state index contributed by atoms with van der Waals surface area (Å²) in [6.45, 7) is 2.22. The average Bonchev–Trinajstić information content (AvgIpc) is 3.06. The normalized spacial score (nSPS) is 20.0. The molecule has 0 amide bonds. The van der Waals surface area contributed by atoms with Gasteiger partial charge >= 0.3 is 0 Å². The largest absolute Gasteiger partial charge is 0.359 e. The monoisotopic (exact) mass is 339 g/mol. The van der Waals surface area contributed by atoms with E-state index in [1.54, 1.807) is 10.9 Å². The SMILES string of the molecule is Cn1cc(-c2cc(CN3CCCC(NS(C)(=O)=O)C3)on2)cn1. The zero-order chi connectivity index (χ0) is 16.4. The maximum Gasteiger partial charge on any atom is 0.208 e. The van der Waals surface area contributed by atoms with Crippen LogP contribution in [0.25, 0.3) is 11.3 Å². The fraction of sp³-hybridized carbons (Fsp3) is 0.571. The second kappa shape index (κ2) is 6.42. The summed E-state index contributed by atoms with van der Waals surface area (Å²) in [5.41, 5.74) is 1.67. The summed E-state index contributed by atoms with van der Waals surface area (Å²) in [5, 5.41) is 8.20. The first-order chi connectivity index (χ1) is 10.9. The van der Waals surface area contributed by atoms with Crippen molar-refractivity contribution in [1.29, 1.82) is 0 Å². The highest BCUT2D eigenvalue weighted by Crippen LogP contribution is 2.20. The Morgan fingerprint density at radius 1 is 1.48 bits per heavy atom. The number of nitrogens with zero attached hydrogens (tertiary/aromatic N) is 4. The molecule has 23 heavy (non-hydrogen) atoms. The third-order valence-corrected chi connectivity index (χ3v) is 4.59. The predicted molar refractivity (Wildman–Crippen MR) is 85.0 cm³/mol. The summed E-state index contributed by atoms with van der Waals surface area (Å²) in [6.07, 6.45) is 6.64. The fourth-order valence-corrected chi connectivity index (χ4v) is 3.69. The molecule has 1 saturated heterocycles. The molecule has 3 heterocycles. The average molecular weight is 339 g/mol. The van der Waals surface area contributed by atoms with Crippen LogP contribution in [0.2, 0.25) is 0 Å². The van der Waals surface area contributed by atoms with E-state index in [-0.39, 0.29) is 6.04 Å². The molecule has 1 fully saturated rings. The van der Waals surface area contributed by atoms with E-state index in [0.29, 0.717) is 13.1 Å². The molecular weight excluding hydrogens is 318 g/mol. The number of piperidine rings is 1. The van der Waals surface area contributed by atoms with Crippen molar-refractivity contribution in [3.63, 3.8) is 0 Å². The maximum absolute atomic E-state index is 11.4. The van der Waals surface area contributed by atoms with Crippen LogP contribution in [-0.4, -0.2) is 53.6 Å². The number of hydrogen-bond acceptors (Lipinski definition) is 6. The van der Waals surface area contributed by atoms with Gasteiger partial charge in [-0.15, -0.1) is 0 Å². The second-order valence-electron chi connectivity index (χ2n) is 6.05. The van der Waals surface area contributed by atoms with Gasteiger partial charge < -0.3 is 4.52 Å². The lowest BCUT2D eigenvalue weighted by Crippen LogP contribution is -2.46. The molecule has 2 aromatic heterocycles. The van der Waals surface area contributed by atoms with Crippen molar-refractivity contribution < 1.29 is 12.9 Å². The molecule has 0 bridgehead atoms. The molecule has 0 aromatic carbocycles. The first kappa shape index (κ1) is 16.2. The van der Waals surface area contributed by atoms with Crippen LogP contribution < -0.4 is 4.72 Å². The van der Waals surface area contributed by atoms with Gasteiger partial charge in [0.05, 0.1) is 19.0 Å². The van der Waals surface area contributed by atoms with Crippen molar-refractivity contribution in [3.05, 3.63) is 24.2 Å². The zero-order valence-electron chi connectivity index (χ0n) is 13.3. The van der Waals surface area contributed by atoms with Crippen LogP contribution >= 0.6 is 0 Å². The van der Waals surface area contributed by atoms with Crippen LogP contribution in [0.3, 0.4) is 0 Å². The molecule has 1 aliphatic heterocycles. The molecule has 0 saturated carbocycles. The molecule has 0 radical (unpaired) electrons. The third kappa shape index (κ3) is 4.40. The molecular formula is C14H21N5O3S. The number of likely N-dealkylation sites (tertiary alicyclic amines) is 1. The number of rotatable bonds is 5. The highest BCUT2D eigenvalue weighted by atomic mass is 32.2. The van der Waals surface area contributed by atoms with Gasteiger partial charge in [-0.05, 0) is 19.4 Å². The summed E-state index contributed by atoms with van der Waals surface area (Å²) in [7, 11) is -1.32. The molecule has 126 valence electrons. The first-order valence-electron chi connectivity index (χ1n) is 7.53. The third-order valence-electron chi connectivity index (χ3n) is 3.83. The Kier molecular flexibility index (Phi) is 4.51. The second-order valence-corrected chi connectivity index (χ2v) is 7.83. The Morgan fingerprint density at radius 3 is 3.00 bits per heavy atom. The molecule has 3 rings (SSSR count). The van der Waals surface area contributed by atoms with Crippen molar-refractivity contribution >= 4 is 10.0 Å². The first-order valence-corrected chi connectivity index (χ1v) is 9.42. The lowest BCUT2D eigenvalue weighted by atomic mass is 10.1. The molecule has 9 heteroatoms. The maximum atomic E-state index is 11.4. The van der Waals surface area contributed by atoms with Gasteiger partial charge in [0.25, 0.3) is 0 Å². The van der Waals surface area contributed by atoms with Gasteiger partial charge in [-0.1, -0.05) is 5.16 Å². The molecule has 1 N–H and O–H groups in total. The quantitative estimate of drug-likeness (QED) is 0.857. The predicted octanol–water partition coefficient (Wildman–Crippen LogP) is 0.589. The van der Waals surface area contributed by atoms with Gasteiger partial charge in [-0.3, -0.25) is 9.58 Å². The standard InChI is InChI=1S/C14H21N5O3S/c1-18-8-11(7-15-18)14-6-13(22-16-14)10-19-5-3-4-12(9-19)17-23(2,20)21/h6-8,12,17H,3-5,9-10H2,1-2H3. The number of aryl methyl sites for hydroxylation is 1. The Morgan fingerprint density at radius 2 is 2.30 bits per heavy atom. The molecule has 2 aromatic rings. The topological polar surface area (TPSA) is 93.3 Å². The molecule has 8 nitrogen and oxygen atoms in total. The van der Waals surface area contributed by atoms with E-state index in [9.17, 15) is 8.42 Å². The van der Waals surface area contributed by atoms with Gasteiger partial charge in [0.15, 0.2) is 5.76 Å². The van der Waals surface area contributed by atoms with Crippen LogP contribution in [0.5, 0.6) is 0 Å². The Labute approximate surface area is 135 Å². The van der Waals surface area contributed by atoms with E-state index in [0.717, 1.165) is 36.4 Å². The number of sulfonamides is 1. The highest BCUT2D eigenvalue weighted by Gasteiger charge is 2.23. The van der Waals surface area contributed by atoms with Gasteiger partial charge in [-0.2, -0.15) is 5.10 Å². The van der Waals surface area contributed by atoms with E-state index < -0.39 is 10.0 Å². The van der Waals surface area contributed by atoms with Gasteiger partial charge in [-0.25, -0.2) is 13.1 Å². The summed E-state index contributed by atoms with van der Waals surface area (Å²) in [5.74, 6) is 0.767. The van der Waals surface area contributed by atoms with Gasteiger partial charge in [0, 0.05) is 37.5 Å². The van der Waals surface area contributed by atoms with Crippen molar-refractivity contribution in [1.82, 2.24) is 24.6 Å². The lowest BCUT2D eigenvalue weighted by molar-refractivity contribution is 0.176. The minimum absolute atomic E-state index is 0.0422. The van der Waals surface area contributed by atoms with E-state index in [2.05, 4.69) is 19.9 Å². The van der Waals surface area contributed by atoms with Gasteiger partial charge in [0.1, 0.15) is 5.69 Å². The van der Waals surface area contributed by atoms with Crippen LogP contribution in [-0.2, 0) is 23.6 Å². The summed E-state index contributed by atoms with van der Waals surface area (Å²) in [6, 6.07) is 1.87. The van der Waals surface area contributed by atoms with Crippen molar-refractivity contribution in [3.8, 4) is 11.3 Å². The smallest absolute Gasteiger partial charge is 0.208 e. The Hall–Kier alpha value is -1.71. The van der Waals surface area contributed by atoms with E-state index >= 15 is 0 Å². The molecule has 0 spiro atoms. The van der Waals surface area contributed by atoms with Crippen molar-refractivity contribution in [2.45, 2.75) is 25.4 Å². The molecule has 1 aliphatic rings. The van der Waals surface area contributed by atoms with Crippen LogP contribution in [0, 0.1) is 0 Å². The van der Waals surface area contributed by atoms with Crippen molar-refractivity contribution in [2.24, 2.45) is 7.05 Å². The minimum Gasteiger partial charge on any atom is -0.359 e. The van der Waals surface area contributed by atoms with Crippen LogP contribution in [0.1, 0.15) is 18.6 Å². The Balaban J connectivity index is 1.62. The van der Waals surface area contributed by atoms with Crippen LogP contribution in [0.4, 0.5) is 0 Å². The lowest BCUT2D eigenvalue weighted by Gasteiger charge is -2.31. The summed E-state index contributed by atoms with van der Waals surface area (Å²) >= 11 is 0. The fourth-order valence-electron chi connectivity index (χ4n) is 2.90. The molecule has 1 atom stereocenters. The minimum atomic E-state index is -3.17. The number of aromatic nitrogens is 3. The van der Waals surface area contributed by atoms with Gasteiger partial charge in [0.2, 0.25) is 10.0 Å². The summed E-state index contributed by atoms with van der Waals surface area (Å²) in [4.78, 5) is 2.18. The van der Waals surface area contributed by atoms with E-state index in [1.807, 2.05) is 19.3 Å². The van der Waals surface area contributed by atoms with Crippen molar-refractivity contribution in [2.75, 3.05) is 19.3 Å². The number of hydrogen-bond donors (Lipinski definition) is 1. The molecule has 1 unspecified atom stereocenters. The van der Waals surface area contributed by atoms with Crippen LogP contribution in [0.15, 0.2) is 23.0 Å². The van der Waals surface area contributed by atoms with E-state index in [4.69, 9.17) is 4.52 Å². The van der Waals surface area contributed by atoms with E-state index in [1.165, 1.54) is 6.26 Å².